The molecule has 0 aliphatic rings. The molecule has 0 bridgehead atoms. The van der Waals surface area contributed by atoms with Crippen molar-refractivity contribution >= 4 is 11.9 Å². The Bertz CT molecular complexity index is 1520. The molecule has 38 heavy (non-hydrogen) atoms. The van der Waals surface area contributed by atoms with Crippen molar-refractivity contribution in [1.29, 1.82) is 0 Å². The van der Waals surface area contributed by atoms with Gasteiger partial charge in [0.05, 0.1) is 11.1 Å². The van der Waals surface area contributed by atoms with E-state index >= 15 is 0 Å². The van der Waals surface area contributed by atoms with Gasteiger partial charge < -0.3 is 10.2 Å². The van der Waals surface area contributed by atoms with Gasteiger partial charge in [-0.05, 0) is 145 Å². The molecule has 4 nitrogen and oxygen atoms in total. The number of carboxylic acid groups (broad SMARTS) is 2. The first-order chi connectivity index (χ1) is 17.8. The van der Waals surface area contributed by atoms with Gasteiger partial charge in [-0.3, -0.25) is 0 Å². The van der Waals surface area contributed by atoms with Crippen molar-refractivity contribution in [2.24, 2.45) is 0 Å². The molecular formula is C34H34O4. The Morgan fingerprint density at radius 2 is 0.816 bits per heavy atom. The normalized spacial score (nSPS) is 11.1. The zero-order valence-electron chi connectivity index (χ0n) is 23.3. The maximum Gasteiger partial charge on any atom is 0.336 e. The van der Waals surface area contributed by atoms with Gasteiger partial charge in [-0.1, -0.05) is 36.4 Å². The van der Waals surface area contributed by atoms with Crippen molar-refractivity contribution in [1.82, 2.24) is 0 Å². The third-order valence-corrected chi connectivity index (χ3v) is 7.68. The summed E-state index contributed by atoms with van der Waals surface area (Å²) in [5.74, 6) is -1.94. The number of benzene rings is 4. The summed E-state index contributed by atoms with van der Waals surface area (Å²) in [6.07, 6.45) is 0. The SMILES string of the molecule is Cc1cc(C)c(-c2ccc(C)c(C)c2-c2c(-c3c(C)cc(C)cc3C(=O)O)ccc(C)c2C)c(C(=O)O)c1. The van der Waals surface area contributed by atoms with Crippen LogP contribution in [0.4, 0.5) is 0 Å². The maximum atomic E-state index is 12.4. The standard InChI is InChI=1S/C34H34O4/c1-17-13-21(5)29(27(15-17)33(35)36)25-11-9-19(3)23(7)31(25)32-24(8)20(4)10-12-26(32)30-22(6)14-18(2)16-28(30)34(37)38/h9-16H,1-8H3,(H,35,36)(H,37,38). The van der Waals surface area contributed by atoms with Gasteiger partial charge in [0.1, 0.15) is 0 Å². The first-order valence-electron chi connectivity index (χ1n) is 12.7. The summed E-state index contributed by atoms with van der Waals surface area (Å²) in [7, 11) is 0. The van der Waals surface area contributed by atoms with Gasteiger partial charge in [0, 0.05) is 0 Å². The van der Waals surface area contributed by atoms with Crippen LogP contribution in [0.5, 0.6) is 0 Å². The van der Waals surface area contributed by atoms with Gasteiger partial charge in [0.15, 0.2) is 0 Å². The Hall–Kier alpha value is -4.18. The molecule has 4 aromatic rings. The van der Waals surface area contributed by atoms with Crippen molar-refractivity contribution in [2.45, 2.75) is 55.4 Å². The third kappa shape index (κ3) is 4.51. The summed E-state index contributed by atoms with van der Waals surface area (Å²) in [5.41, 5.74) is 13.2. The van der Waals surface area contributed by atoms with Crippen LogP contribution in [-0.4, -0.2) is 22.2 Å². The van der Waals surface area contributed by atoms with Crippen molar-refractivity contribution in [3.8, 4) is 33.4 Å². The second kappa shape index (κ2) is 9.94. The molecule has 0 amide bonds. The monoisotopic (exact) mass is 506 g/mol. The molecule has 4 aromatic carbocycles. The lowest BCUT2D eigenvalue weighted by Crippen LogP contribution is -2.07. The highest BCUT2D eigenvalue weighted by molar-refractivity contribution is 6.05. The Labute approximate surface area is 224 Å². The van der Waals surface area contributed by atoms with Crippen LogP contribution in [0.15, 0.2) is 48.5 Å². The highest BCUT2D eigenvalue weighted by Crippen LogP contribution is 2.46. The zero-order chi connectivity index (χ0) is 28.0. The number of aryl methyl sites for hydroxylation is 6. The number of hydrogen-bond donors (Lipinski definition) is 2. The molecule has 4 rings (SSSR count). The van der Waals surface area contributed by atoms with Crippen LogP contribution in [0.25, 0.3) is 33.4 Å². The summed E-state index contributed by atoms with van der Waals surface area (Å²) in [6.45, 7) is 15.9. The van der Waals surface area contributed by atoms with E-state index in [1.165, 1.54) is 0 Å². The molecule has 0 spiro atoms. The summed E-state index contributed by atoms with van der Waals surface area (Å²) in [4.78, 5) is 24.9. The van der Waals surface area contributed by atoms with E-state index in [0.29, 0.717) is 11.1 Å². The number of rotatable bonds is 5. The molecule has 0 aromatic heterocycles. The quantitative estimate of drug-likeness (QED) is 0.284. The second-order valence-electron chi connectivity index (χ2n) is 10.5. The summed E-state index contributed by atoms with van der Waals surface area (Å²) < 4.78 is 0. The summed E-state index contributed by atoms with van der Waals surface area (Å²) in [6, 6.07) is 15.5. The number of hydrogen-bond acceptors (Lipinski definition) is 2. The lowest BCUT2D eigenvalue weighted by Gasteiger charge is -2.25. The van der Waals surface area contributed by atoms with Crippen LogP contribution in [0.1, 0.15) is 65.2 Å². The minimum absolute atomic E-state index is 0.261. The lowest BCUT2D eigenvalue weighted by atomic mass is 9.79. The van der Waals surface area contributed by atoms with Crippen LogP contribution < -0.4 is 0 Å². The Balaban J connectivity index is 2.24. The Kier molecular flexibility index (Phi) is 7.03. The number of carbonyl (C=O) groups is 2. The van der Waals surface area contributed by atoms with Gasteiger partial charge in [-0.15, -0.1) is 0 Å². The molecule has 0 unspecified atom stereocenters. The van der Waals surface area contributed by atoms with Gasteiger partial charge in [-0.25, -0.2) is 9.59 Å². The topological polar surface area (TPSA) is 74.6 Å². The molecule has 0 aliphatic heterocycles. The summed E-state index contributed by atoms with van der Waals surface area (Å²) >= 11 is 0. The molecule has 0 radical (unpaired) electrons. The molecule has 0 fully saturated rings. The van der Waals surface area contributed by atoms with E-state index in [-0.39, 0.29) is 11.1 Å². The highest BCUT2D eigenvalue weighted by atomic mass is 16.4. The van der Waals surface area contributed by atoms with Crippen LogP contribution in [0.2, 0.25) is 0 Å². The average Bonchev–Trinajstić information content (AvgIpc) is 2.82. The minimum Gasteiger partial charge on any atom is -0.478 e. The van der Waals surface area contributed by atoms with E-state index in [4.69, 9.17) is 0 Å². The molecular weight excluding hydrogens is 472 g/mol. The Morgan fingerprint density at radius 1 is 0.474 bits per heavy atom. The fourth-order valence-electron chi connectivity index (χ4n) is 5.68. The maximum absolute atomic E-state index is 12.4. The molecule has 0 atom stereocenters. The van der Waals surface area contributed by atoms with Crippen molar-refractivity contribution in [3.63, 3.8) is 0 Å². The first-order valence-corrected chi connectivity index (χ1v) is 12.7. The van der Waals surface area contributed by atoms with Crippen LogP contribution in [-0.2, 0) is 0 Å². The van der Waals surface area contributed by atoms with E-state index in [1.807, 2.05) is 77.9 Å². The highest BCUT2D eigenvalue weighted by Gasteiger charge is 2.26. The molecule has 2 N–H and O–H groups in total. The van der Waals surface area contributed by atoms with Crippen LogP contribution >= 0.6 is 0 Å². The van der Waals surface area contributed by atoms with Crippen LogP contribution in [0, 0.1) is 55.4 Å². The van der Waals surface area contributed by atoms with E-state index in [2.05, 4.69) is 13.8 Å². The average molecular weight is 507 g/mol. The summed E-state index contributed by atoms with van der Waals surface area (Å²) in [5, 5.41) is 20.4. The molecule has 0 saturated carbocycles. The van der Waals surface area contributed by atoms with Gasteiger partial charge in [-0.2, -0.15) is 0 Å². The predicted molar refractivity (Wildman–Crippen MR) is 155 cm³/mol. The van der Waals surface area contributed by atoms with Crippen LogP contribution in [0.3, 0.4) is 0 Å². The number of carboxylic acids is 2. The molecule has 0 saturated heterocycles. The van der Waals surface area contributed by atoms with Gasteiger partial charge in [0.25, 0.3) is 0 Å². The van der Waals surface area contributed by atoms with E-state index in [9.17, 15) is 19.8 Å². The molecule has 0 aliphatic carbocycles. The smallest absolute Gasteiger partial charge is 0.336 e. The van der Waals surface area contributed by atoms with E-state index < -0.39 is 11.9 Å². The Morgan fingerprint density at radius 3 is 1.13 bits per heavy atom. The van der Waals surface area contributed by atoms with Crippen molar-refractivity contribution < 1.29 is 19.8 Å². The van der Waals surface area contributed by atoms with Gasteiger partial charge >= 0.3 is 11.9 Å². The zero-order valence-corrected chi connectivity index (χ0v) is 23.3. The third-order valence-electron chi connectivity index (χ3n) is 7.68. The van der Waals surface area contributed by atoms with Crippen molar-refractivity contribution in [3.05, 3.63) is 104 Å². The largest absolute Gasteiger partial charge is 0.478 e. The minimum atomic E-state index is -0.972. The lowest BCUT2D eigenvalue weighted by molar-refractivity contribution is 0.0686. The fourth-order valence-corrected chi connectivity index (χ4v) is 5.68. The van der Waals surface area contributed by atoms with Crippen molar-refractivity contribution in [2.75, 3.05) is 0 Å². The van der Waals surface area contributed by atoms with E-state index in [1.54, 1.807) is 12.1 Å². The number of aromatic carboxylic acids is 2. The van der Waals surface area contributed by atoms with E-state index in [0.717, 1.165) is 66.8 Å². The molecule has 194 valence electrons. The molecule has 0 heterocycles. The second-order valence-corrected chi connectivity index (χ2v) is 10.5. The fraction of sp³-hybridized carbons (Fsp3) is 0.235. The first kappa shape index (κ1) is 26.9. The van der Waals surface area contributed by atoms with Gasteiger partial charge in [0.2, 0.25) is 0 Å². The molecule has 4 heteroatoms. The predicted octanol–water partition coefficient (Wildman–Crippen LogP) is 8.55.